The van der Waals surface area contributed by atoms with Gasteiger partial charge in [-0.3, -0.25) is 0 Å². The summed E-state index contributed by atoms with van der Waals surface area (Å²) in [6.45, 7) is 9.59. The van der Waals surface area contributed by atoms with Gasteiger partial charge in [-0.15, -0.1) is 0 Å². The molecule has 0 bridgehead atoms. The zero-order valence-electron chi connectivity index (χ0n) is 12.2. The first kappa shape index (κ1) is 15.8. The van der Waals surface area contributed by atoms with Gasteiger partial charge in [-0.2, -0.15) is 26.7 Å². The van der Waals surface area contributed by atoms with E-state index in [4.69, 9.17) is 4.74 Å². The Morgan fingerprint density at radius 3 is 2.26 bits per heavy atom. The Morgan fingerprint density at radius 2 is 1.74 bits per heavy atom. The lowest BCUT2D eigenvalue weighted by atomic mass is 10.5. The number of nitrogens with zero attached hydrogens (tertiary/aromatic N) is 3. The fourth-order valence-corrected chi connectivity index (χ4v) is 1.50. The lowest BCUT2D eigenvalue weighted by Gasteiger charge is -2.13. The van der Waals surface area contributed by atoms with Crippen LogP contribution in [0.25, 0.3) is 0 Å². The molecule has 0 spiro atoms. The molecular weight excluding hydrogens is 262 g/mol. The van der Waals surface area contributed by atoms with Crippen LogP contribution in [0.1, 0.15) is 27.7 Å². The van der Waals surface area contributed by atoms with Gasteiger partial charge in [-0.05, 0) is 27.0 Å². The van der Waals surface area contributed by atoms with Gasteiger partial charge < -0.3 is 15.4 Å². The lowest BCUT2D eigenvalue weighted by molar-refractivity contribution is 0.222. The smallest absolute Gasteiger partial charge is 0.323 e. The molecule has 0 fully saturated rings. The van der Waals surface area contributed by atoms with Crippen LogP contribution in [0.4, 0.5) is 11.9 Å². The van der Waals surface area contributed by atoms with Crippen LogP contribution in [0, 0.1) is 0 Å². The van der Waals surface area contributed by atoms with Crippen molar-refractivity contribution in [3.05, 3.63) is 0 Å². The van der Waals surface area contributed by atoms with Crippen molar-refractivity contribution >= 4 is 23.7 Å². The van der Waals surface area contributed by atoms with Gasteiger partial charge in [-0.1, -0.05) is 6.92 Å². The second kappa shape index (κ2) is 8.04. The number of rotatable bonds is 8. The average Bonchev–Trinajstić information content (AvgIpc) is 2.35. The normalized spacial score (nSPS) is 12.3. The molecule has 0 aliphatic rings. The zero-order valence-corrected chi connectivity index (χ0v) is 13.0. The number of nitrogens with one attached hydrogen (secondary N) is 2. The molecule has 108 valence electrons. The molecule has 0 radical (unpaired) electrons. The van der Waals surface area contributed by atoms with Crippen molar-refractivity contribution in [2.75, 3.05) is 30.0 Å². The maximum atomic E-state index is 5.53. The van der Waals surface area contributed by atoms with E-state index in [-0.39, 0.29) is 6.10 Å². The standard InChI is InChI=1S/C12H23N5OS/c1-6-13-10-15-11(14-7-9(4)19-5)17-12(16-10)18-8(2)3/h8-9H,6-7H2,1-5H3,(H2,13,14,15,16,17). The van der Waals surface area contributed by atoms with E-state index in [9.17, 15) is 0 Å². The Morgan fingerprint density at radius 1 is 1.11 bits per heavy atom. The molecule has 0 aromatic carbocycles. The van der Waals surface area contributed by atoms with Crippen LogP contribution in [-0.4, -0.2) is 45.7 Å². The molecule has 0 aliphatic heterocycles. The van der Waals surface area contributed by atoms with Crippen molar-refractivity contribution in [2.45, 2.75) is 39.0 Å². The van der Waals surface area contributed by atoms with Gasteiger partial charge in [0.2, 0.25) is 11.9 Å². The first-order valence-corrected chi connectivity index (χ1v) is 7.77. The highest BCUT2D eigenvalue weighted by Gasteiger charge is 2.09. The summed E-state index contributed by atoms with van der Waals surface area (Å²) in [5, 5.41) is 6.77. The molecule has 6 nitrogen and oxygen atoms in total. The number of hydrogen-bond donors (Lipinski definition) is 2. The minimum atomic E-state index is 0.0369. The minimum Gasteiger partial charge on any atom is -0.461 e. The first-order valence-electron chi connectivity index (χ1n) is 6.48. The molecule has 1 heterocycles. The fourth-order valence-electron chi connectivity index (χ4n) is 1.25. The second-order valence-corrected chi connectivity index (χ2v) is 5.67. The molecule has 1 unspecified atom stereocenters. The molecule has 0 amide bonds. The van der Waals surface area contributed by atoms with E-state index in [2.05, 4.69) is 38.8 Å². The monoisotopic (exact) mass is 285 g/mol. The first-order chi connectivity index (χ1) is 9.05. The Bertz CT molecular complexity index is 388. The number of ether oxygens (including phenoxy) is 1. The predicted octanol–water partition coefficient (Wildman–Crippen LogP) is 2.25. The maximum absolute atomic E-state index is 5.53. The van der Waals surface area contributed by atoms with Crippen LogP contribution in [-0.2, 0) is 0 Å². The molecule has 19 heavy (non-hydrogen) atoms. The Hall–Kier alpha value is -1.24. The highest BCUT2D eigenvalue weighted by atomic mass is 32.2. The summed E-state index contributed by atoms with van der Waals surface area (Å²) in [6, 6.07) is 0.347. The van der Waals surface area contributed by atoms with Crippen LogP contribution >= 0.6 is 11.8 Å². The van der Waals surface area contributed by atoms with Crippen LogP contribution in [0.15, 0.2) is 0 Å². The predicted molar refractivity (Wildman–Crippen MR) is 81.2 cm³/mol. The van der Waals surface area contributed by atoms with Crippen molar-refractivity contribution in [1.29, 1.82) is 0 Å². The van der Waals surface area contributed by atoms with Gasteiger partial charge >= 0.3 is 6.01 Å². The third kappa shape index (κ3) is 5.96. The Balaban J connectivity index is 2.79. The van der Waals surface area contributed by atoms with Gasteiger partial charge in [0.1, 0.15) is 0 Å². The summed E-state index contributed by atoms with van der Waals surface area (Å²) >= 11 is 1.79. The SMILES string of the molecule is CCNc1nc(NCC(C)SC)nc(OC(C)C)n1. The number of anilines is 2. The van der Waals surface area contributed by atoms with Crippen LogP contribution in [0.5, 0.6) is 6.01 Å². The summed E-state index contributed by atoms with van der Waals surface area (Å²) in [6.07, 6.45) is 2.12. The molecule has 1 rings (SSSR count). The van der Waals surface area contributed by atoms with Crippen molar-refractivity contribution in [3.63, 3.8) is 0 Å². The summed E-state index contributed by atoms with van der Waals surface area (Å²) in [7, 11) is 0. The summed E-state index contributed by atoms with van der Waals surface area (Å²) in [5.74, 6) is 1.08. The summed E-state index contributed by atoms with van der Waals surface area (Å²) in [5.41, 5.74) is 0. The lowest BCUT2D eigenvalue weighted by Crippen LogP contribution is -2.17. The number of aromatic nitrogens is 3. The maximum Gasteiger partial charge on any atom is 0.323 e. The molecule has 2 N–H and O–H groups in total. The second-order valence-electron chi connectivity index (χ2n) is 4.39. The zero-order chi connectivity index (χ0) is 14.3. The van der Waals surface area contributed by atoms with Crippen molar-refractivity contribution < 1.29 is 4.74 Å². The Kier molecular flexibility index (Phi) is 6.69. The van der Waals surface area contributed by atoms with Gasteiger partial charge in [0.15, 0.2) is 0 Å². The molecule has 1 atom stereocenters. The fraction of sp³-hybridized carbons (Fsp3) is 0.750. The topological polar surface area (TPSA) is 72.0 Å². The van der Waals surface area contributed by atoms with E-state index in [1.54, 1.807) is 11.8 Å². The van der Waals surface area contributed by atoms with Gasteiger partial charge in [0.05, 0.1) is 6.10 Å². The quantitative estimate of drug-likeness (QED) is 0.759. The van der Waals surface area contributed by atoms with E-state index >= 15 is 0 Å². The third-order valence-electron chi connectivity index (χ3n) is 2.24. The summed E-state index contributed by atoms with van der Waals surface area (Å²) < 4.78 is 5.53. The summed E-state index contributed by atoms with van der Waals surface area (Å²) in [4.78, 5) is 12.8. The minimum absolute atomic E-state index is 0.0369. The van der Waals surface area contributed by atoms with Crippen molar-refractivity contribution in [3.8, 4) is 6.01 Å². The van der Waals surface area contributed by atoms with Crippen LogP contribution in [0.2, 0.25) is 0 Å². The number of hydrogen-bond acceptors (Lipinski definition) is 7. The molecule has 0 aliphatic carbocycles. The number of thioether (sulfide) groups is 1. The van der Waals surface area contributed by atoms with Gasteiger partial charge in [0, 0.05) is 18.3 Å². The van der Waals surface area contributed by atoms with Crippen molar-refractivity contribution in [1.82, 2.24) is 15.0 Å². The van der Waals surface area contributed by atoms with E-state index in [0.29, 0.717) is 23.2 Å². The van der Waals surface area contributed by atoms with Crippen LogP contribution < -0.4 is 15.4 Å². The molecular formula is C12H23N5OS. The van der Waals surface area contributed by atoms with Crippen LogP contribution in [0.3, 0.4) is 0 Å². The molecule has 0 saturated heterocycles. The Labute approximate surface area is 119 Å². The highest BCUT2D eigenvalue weighted by Crippen LogP contribution is 2.13. The average molecular weight is 285 g/mol. The van der Waals surface area contributed by atoms with E-state index in [1.807, 2.05) is 20.8 Å². The highest BCUT2D eigenvalue weighted by molar-refractivity contribution is 7.99. The van der Waals surface area contributed by atoms with Gasteiger partial charge in [-0.25, -0.2) is 0 Å². The third-order valence-corrected chi connectivity index (χ3v) is 3.21. The van der Waals surface area contributed by atoms with E-state index in [1.165, 1.54) is 0 Å². The van der Waals surface area contributed by atoms with Crippen molar-refractivity contribution in [2.24, 2.45) is 0 Å². The molecule has 1 aromatic heterocycles. The largest absolute Gasteiger partial charge is 0.461 e. The van der Waals surface area contributed by atoms with E-state index in [0.717, 1.165) is 13.1 Å². The molecule has 7 heteroatoms. The molecule has 1 aromatic rings. The van der Waals surface area contributed by atoms with Gasteiger partial charge in [0.25, 0.3) is 0 Å². The van der Waals surface area contributed by atoms with E-state index < -0.39 is 0 Å². The molecule has 0 saturated carbocycles.